The van der Waals surface area contributed by atoms with E-state index in [-0.39, 0.29) is 23.7 Å². The molecule has 0 saturated carbocycles. The van der Waals surface area contributed by atoms with Gasteiger partial charge < -0.3 is 4.52 Å². The van der Waals surface area contributed by atoms with Gasteiger partial charge in [0.15, 0.2) is 5.78 Å². The van der Waals surface area contributed by atoms with Gasteiger partial charge in [0, 0.05) is 6.07 Å². The maximum absolute atomic E-state index is 11.0. The van der Waals surface area contributed by atoms with Gasteiger partial charge in [-0.15, -0.1) is 0 Å². The molecule has 0 aliphatic carbocycles. The Morgan fingerprint density at radius 1 is 1.64 bits per heavy atom. The first-order valence-corrected chi connectivity index (χ1v) is 3.13. The second kappa shape index (κ2) is 3.09. The molecular weight excluding hydrogens is 146 g/mol. The highest BCUT2D eigenvalue weighted by Crippen LogP contribution is 1.99. The lowest BCUT2D eigenvalue weighted by Gasteiger charge is -1.88. The maximum atomic E-state index is 11.0. The minimum absolute atomic E-state index is 0.105. The third-order valence-electron chi connectivity index (χ3n) is 1.13. The van der Waals surface area contributed by atoms with Gasteiger partial charge in [-0.1, -0.05) is 5.16 Å². The predicted molar refractivity (Wildman–Crippen MR) is 36.1 cm³/mol. The highest BCUT2D eigenvalue weighted by molar-refractivity contribution is 6.06. The summed E-state index contributed by atoms with van der Waals surface area (Å²) in [5, 5.41) is 3.39. The zero-order valence-corrected chi connectivity index (χ0v) is 6.03. The van der Waals surface area contributed by atoms with Gasteiger partial charge in [-0.3, -0.25) is 9.59 Å². The van der Waals surface area contributed by atoms with Gasteiger partial charge >= 0.3 is 0 Å². The molecule has 0 spiro atoms. The van der Waals surface area contributed by atoms with Crippen LogP contribution >= 0.6 is 0 Å². The second-order valence-electron chi connectivity index (χ2n) is 2.19. The number of carbonyl (C=O) groups is 2. The Balaban J connectivity index is 2.64. The molecule has 0 radical (unpaired) electrons. The third-order valence-corrected chi connectivity index (χ3v) is 1.13. The first-order chi connectivity index (χ1) is 5.20. The Hall–Kier alpha value is -1.45. The molecule has 0 aliphatic heterocycles. The van der Waals surface area contributed by atoms with Crippen LogP contribution in [0.5, 0.6) is 0 Å². The van der Waals surface area contributed by atoms with E-state index in [2.05, 4.69) is 9.68 Å². The molecule has 1 heterocycles. The molecule has 0 bridgehead atoms. The smallest absolute Gasteiger partial charge is 0.192 e. The number of carbonyl (C=O) groups excluding carboxylic acids is 2. The van der Waals surface area contributed by atoms with Crippen molar-refractivity contribution in [2.24, 2.45) is 0 Å². The molecule has 0 fully saturated rings. The fourth-order valence-electron chi connectivity index (χ4n) is 0.673. The zero-order chi connectivity index (χ0) is 8.27. The minimum atomic E-state index is -0.300. The average Bonchev–Trinajstić information content (AvgIpc) is 2.35. The monoisotopic (exact) mass is 153 g/mol. The lowest BCUT2D eigenvalue weighted by Crippen LogP contribution is -2.04. The summed E-state index contributed by atoms with van der Waals surface area (Å²) in [5.41, 5.74) is 0.209. The van der Waals surface area contributed by atoms with Crippen LogP contribution in [0.25, 0.3) is 0 Å². The highest BCUT2D eigenvalue weighted by Gasteiger charge is 2.10. The number of Topliss-reactive ketones (excluding diaryl/α,β-unsaturated/α-hetero) is 2. The van der Waals surface area contributed by atoms with Gasteiger partial charge in [0.1, 0.15) is 17.7 Å². The third kappa shape index (κ3) is 2.00. The van der Waals surface area contributed by atoms with E-state index in [9.17, 15) is 9.59 Å². The van der Waals surface area contributed by atoms with Crippen molar-refractivity contribution in [3.63, 3.8) is 0 Å². The standard InChI is InChI=1S/C7H7NO3/c1-5(9)4-7(10)6-2-3-11-8-6/h2-3H,4H2,1H3. The van der Waals surface area contributed by atoms with Crippen LogP contribution in [0.2, 0.25) is 0 Å². The van der Waals surface area contributed by atoms with Gasteiger partial charge in [-0.25, -0.2) is 0 Å². The predicted octanol–water partition coefficient (Wildman–Crippen LogP) is 0.836. The number of hydrogen-bond acceptors (Lipinski definition) is 4. The summed E-state index contributed by atoms with van der Waals surface area (Å²) in [6, 6.07) is 1.44. The van der Waals surface area contributed by atoms with Gasteiger partial charge in [0.05, 0.1) is 6.42 Å². The molecule has 0 aromatic carbocycles. The number of aromatic nitrogens is 1. The molecule has 0 unspecified atom stereocenters. The topological polar surface area (TPSA) is 60.2 Å². The summed E-state index contributed by atoms with van der Waals surface area (Å²) >= 11 is 0. The van der Waals surface area contributed by atoms with E-state index >= 15 is 0 Å². The highest BCUT2D eigenvalue weighted by atomic mass is 16.5. The maximum Gasteiger partial charge on any atom is 0.192 e. The number of hydrogen-bond donors (Lipinski definition) is 0. The van der Waals surface area contributed by atoms with E-state index in [1.54, 1.807) is 0 Å². The van der Waals surface area contributed by atoms with Gasteiger partial charge in [0.25, 0.3) is 0 Å². The fourth-order valence-corrected chi connectivity index (χ4v) is 0.673. The molecule has 1 aromatic rings. The largest absolute Gasteiger partial charge is 0.364 e. The second-order valence-corrected chi connectivity index (χ2v) is 2.19. The van der Waals surface area contributed by atoms with Crippen molar-refractivity contribution in [2.45, 2.75) is 13.3 Å². The molecular formula is C7H7NO3. The van der Waals surface area contributed by atoms with Crippen molar-refractivity contribution in [3.8, 4) is 0 Å². The normalized spacial score (nSPS) is 9.55. The summed E-state index contributed by atoms with van der Waals surface area (Å²) in [4.78, 5) is 21.4. The Kier molecular flexibility index (Phi) is 2.15. The Morgan fingerprint density at radius 3 is 2.82 bits per heavy atom. The molecule has 1 rings (SSSR count). The summed E-state index contributed by atoms with van der Waals surface area (Å²) < 4.78 is 4.44. The number of rotatable bonds is 3. The minimum Gasteiger partial charge on any atom is -0.364 e. The molecule has 11 heavy (non-hydrogen) atoms. The summed E-state index contributed by atoms with van der Waals surface area (Å²) in [6.07, 6.45) is 1.19. The van der Waals surface area contributed by atoms with E-state index in [1.807, 2.05) is 0 Å². The summed E-state index contributed by atoms with van der Waals surface area (Å²) in [6.45, 7) is 1.36. The van der Waals surface area contributed by atoms with Gasteiger partial charge in [-0.05, 0) is 6.92 Å². The molecule has 0 saturated heterocycles. The molecule has 0 amide bonds. The van der Waals surface area contributed by atoms with Crippen LogP contribution < -0.4 is 0 Å². The van der Waals surface area contributed by atoms with E-state index in [4.69, 9.17) is 0 Å². The molecule has 58 valence electrons. The molecule has 0 atom stereocenters. The van der Waals surface area contributed by atoms with Crippen molar-refractivity contribution in [1.82, 2.24) is 5.16 Å². The Labute approximate surface area is 63.2 Å². The molecule has 4 nitrogen and oxygen atoms in total. The summed E-state index contributed by atoms with van der Waals surface area (Å²) in [5.74, 6) is -0.468. The van der Waals surface area contributed by atoms with E-state index in [0.29, 0.717) is 0 Å². The first kappa shape index (κ1) is 7.65. The zero-order valence-electron chi connectivity index (χ0n) is 6.03. The van der Waals surface area contributed by atoms with Crippen LogP contribution in [0, 0.1) is 0 Å². The molecule has 0 aliphatic rings. The van der Waals surface area contributed by atoms with Crippen molar-refractivity contribution in [2.75, 3.05) is 0 Å². The van der Waals surface area contributed by atoms with Crippen LogP contribution in [0.3, 0.4) is 0 Å². The van der Waals surface area contributed by atoms with Crippen molar-refractivity contribution in [3.05, 3.63) is 18.0 Å². The molecule has 0 N–H and O–H groups in total. The van der Waals surface area contributed by atoms with E-state index in [1.165, 1.54) is 19.3 Å². The Morgan fingerprint density at radius 2 is 2.36 bits per heavy atom. The van der Waals surface area contributed by atoms with E-state index in [0.717, 1.165) is 0 Å². The number of nitrogens with zero attached hydrogens (tertiary/aromatic N) is 1. The van der Waals surface area contributed by atoms with Crippen molar-refractivity contribution >= 4 is 11.6 Å². The van der Waals surface area contributed by atoms with Crippen LogP contribution in [0.15, 0.2) is 16.9 Å². The average molecular weight is 153 g/mol. The SMILES string of the molecule is CC(=O)CC(=O)c1ccon1. The van der Waals surface area contributed by atoms with Crippen LogP contribution in [-0.4, -0.2) is 16.7 Å². The fraction of sp³-hybridized carbons (Fsp3) is 0.286. The van der Waals surface area contributed by atoms with Gasteiger partial charge in [0.2, 0.25) is 0 Å². The quantitative estimate of drug-likeness (QED) is 0.476. The van der Waals surface area contributed by atoms with Crippen molar-refractivity contribution in [1.29, 1.82) is 0 Å². The van der Waals surface area contributed by atoms with Crippen LogP contribution in [0.4, 0.5) is 0 Å². The van der Waals surface area contributed by atoms with Crippen molar-refractivity contribution < 1.29 is 14.1 Å². The first-order valence-electron chi connectivity index (χ1n) is 3.13. The van der Waals surface area contributed by atoms with E-state index < -0.39 is 0 Å². The lowest BCUT2D eigenvalue weighted by atomic mass is 10.2. The summed E-state index contributed by atoms with van der Waals surface area (Å²) in [7, 11) is 0. The van der Waals surface area contributed by atoms with Gasteiger partial charge in [-0.2, -0.15) is 0 Å². The number of ketones is 2. The lowest BCUT2D eigenvalue weighted by molar-refractivity contribution is -0.116. The Bertz CT molecular complexity index is 263. The molecule has 4 heteroatoms. The van der Waals surface area contributed by atoms with Crippen LogP contribution in [-0.2, 0) is 4.79 Å². The molecule has 1 aromatic heterocycles. The van der Waals surface area contributed by atoms with Crippen LogP contribution in [0.1, 0.15) is 23.8 Å².